The molecule has 6 heteroatoms. The van der Waals surface area contributed by atoms with Crippen molar-refractivity contribution in [2.24, 2.45) is 11.7 Å². The minimum Gasteiger partial charge on any atom is -0.356 e. The lowest BCUT2D eigenvalue weighted by atomic mass is 10.1. The molecule has 1 atom stereocenters. The summed E-state index contributed by atoms with van der Waals surface area (Å²) in [6.07, 6.45) is 3.25. The number of hydrogen-bond donors (Lipinski definition) is 2. The van der Waals surface area contributed by atoms with Gasteiger partial charge in [0.15, 0.2) is 6.33 Å². The lowest BCUT2D eigenvalue weighted by Crippen LogP contribution is -2.26. The molecule has 1 aromatic heterocycles. The number of nitrogens with zero attached hydrogens (tertiary/aromatic N) is 2. The van der Waals surface area contributed by atoms with Crippen LogP contribution in [0.1, 0.15) is 25.7 Å². The number of aromatic nitrogens is 2. The van der Waals surface area contributed by atoms with Gasteiger partial charge in [0.05, 0.1) is 0 Å². The number of nitrogens with two attached hydrogens (primary N) is 1. The predicted octanol–water partition coefficient (Wildman–Crippen LogP) is 0.103. The van der Waals surface area contributed by atoms with Crippen LogP contribution < -0.4 is 11.1 Å². The molecule has 0 aromatic carbocycles. The van der Waals surface area contributed by atoms with Gasteiger partial charge in [0.1, 0.15) is 0 Å². The maximum Gasteiger partial charge on any atom is 0.228 e. The van der Waals surface area contributed by atoms with E-state index in [1.165, 1.54) is 6.33 Å². The van der Waals surface area contributed by atoms with Crippen LogP contribution in [-0.2, 0) is 11.2 Å². The fourth-order valence-electron chi connectivity index (χ4n) is 1.20. The molecule has 1 aromatic rings. The highest BCUT2D eigenvalue weighted by atomic mass is 16.5. The summed E-state index contributed by atoms with van der Waals surface area (Å²) in [5, 5.41) is 6.27. The molecule has 16 heavy (non-hydrogen) atoms. The lowest BCUT2D eigenvalue weighted by Gasteiger charge is -2.07. The molecule has 0 aliphatic rings. The Morgan fingerprint density at radius 1 is 1.69 bits per heavy atom. The summed E-state index contributed by atoms with van der Waals surface area (Å²) in [6.45, 7) is 3.18. The fraction of sp³-hybridized carbons (Fsp3) is 0.700. The second-order valence-corrected chi connectivity index (χ2v) is 3.81. The Bertz CT molecular complexity index is 300. The van der Waals surface area contributed by atoms with Crippen molar-refractivity contribution in [3.05, 3.63) is 12.2 Å². The Morgan fingerprint density at radius 3 is 3.12 bits per heavy atom. The number of carbonyl (C=O) groups is 1. The summed E-state index contributed by atoms with van der Waals surface area (Å²) in [5.41, 5.74) is 5.46. The smallest absolute Gasteiger partial charge is 0.228 e. The van der Waals surface area contributed by atoms with Crippen molar-refractivity contribution in [2.75, 3.05) is 13.1 Å². The highest BCUT2D eigenvalue weighted by Crippen LogP contribution is 2.02. The van der Waals surface area contributed by atoms with E-state index < -0.39 is 0 Å². The first-order valence-corrected chi connectivity index (χ1v) is 5.44. The van der Waals surface area contributed by atoms with E-state index in [9.17, 15) is 4.79 Å². The van der Waals surface area contributed by atoms with E-state index in [1.807, 2.05) is 6.92 Å². The van der Waals surface area contributed by atoms with Gasteiger partial charge in [-0.25, -0.2) is 0 Å². The second kappa shape index (κ2) is 6.95. The van der Waals surface area contributed by atoms with E-state index in [1.54, 1.807) is 0 Å². The van der Waals surface area contributed by atoms with E-state index in [0.717, 1.165) is 6.42 Å². The molecule has 0 saturated heterocycles. The first-order valence-electron chi connectivity index (χ1n) is 5.44. The van der Waals surface area contributed by atoms with Gasteiger partial charge in [-0.1, -0.05) is 12.1 Å². The molecule has 3 N–H and O–H groups in total. The Balaban J connectivity index is 2.06. The first-order chi connectivity index (χ1) is 7.72. The average molecular weight is 226 g/mol. The van der Waals surface area contributed by atoms with E-state index in [0.29, 0.717) is 37.7 Å². The molecule has 90 valence electrons. The van der Waals surface area contributed by atoms with Gasteiger partial charge in [0, 0.05) is 19.4 Å². The summed E-state index contributed by atoms with van der Waals surface area (Å²) >= 11 is 0. The van der Waals surface area contributed by atoms with Crippen molar-refractivity contribution in [3.8, 4) is 0 Å². The molecule has 6 nitrogen and oxygen atoms in total. The third kappa shape index (κ3) is 4.88. The van der Waals surface area contributed by atoms with Crippen LogP contribution in [0.4, 0.5) is 0 Å². The summed E-state index contributed by atoms with van der Waals surface area (Å²) in [5.74, 6) is 0.970. The molecule has 1 amide bonds. The van der Waals surface area contributed by atoms with Crippen LogP contribution in [0, 0.1) is 5.92 Å². The lowest BCUT2D eigenvalue weighted by molar-refractivity contribution is -0.121. The molecule has 0 bridgehead atoms. The SMILES string of the molecule is CC(CN)CCC(=O)NCCc1ncno1. The Morgan fingerprint density at radius 2 is 2.50 bits per heavy atom. The molecule has 1 heterocycles. The molecule has 1 unspecified atom stereocenters. The second-order valence-electron chi connectivity index (χ2n) is 3.81. The standard InChI is InChI=1S/C10H18N4O2/c1-8(6-11)2-3-9(15)12-5-4-10-13-7-14-16-10/h7-8H,2-6,11H2,1H3,(H,12,15). The van der Waals surface area contributed by atoms with Crippen molar-refractivity contribution in [1.29, 1.82) is 0 Å². The predicted molar refractivity (Wildman–Crippen MR) is 58.5 cm³/mol. The van der Waals surface area contributed by atoms with E-state index in [4.69, 9.17) is 10.3 Å². The number of carbonyl (C=O) groups excluding carboxylic acids is 1. The third-order valence-electron chi connectivity index (χ3n) is 2.33. The molecule has 1 rings (SSSR count). The van der Waals surface area contributed by atoms with Gasteiger partial charge in [0.25, 0.3) is 0 Å². The Labute approximate surface area is 94.6 Å². The zero-order valence-corrected chi connectivity index (χ0v) is 9.48. The topological polar surface area (TPSA) is 94.0 Å². The van der Waals surface area contributed by atoms with E-state index >= 15 is 0 Å². The molecule has 0 fully saturated rings. The van der Waals surface area contributed by atoms with Gasteiger partial charge in [-0.3, -0.25) is 4.79 Å². The number of hydrogen-bond acceptors (Lipinski definition) is 5. The normalized spacial score (nSPS) is 12.4. The summed E-state index contributed by atoms with van der Waals surface area (Å²) in [7, 11) is 0. The van der Waals surface area contributed by atoms with Gasteiger partial charge in [-0.2, -0.15) is 4.98 Å². The largest absolute Gasteiger partial charge is 0.356 e. The van der Waals surface area contributed by atoms with Crippen LogP contribution in [0.15, 0.2) is 10.9 Å². The van der Waals surface area contributed by atoms with Gasteiger partial charge in [0.2, 0.25) is 11.8 Å². The Hall–Kier alpha value is -1.43. The zero-order valence-electron chi connectivity index (χ0n) is 9.48. The molecule has 0 aliphatic carbocycles. The third-order valence-corrected chi connectivity index (χ3v) is 2.33. The quantitative estimate of drug-likeness (QED) is 0.687. The van der Waals surface area contributed by atoms with Crippen LogP contribution in [0.3, 0.4) is 0 Å². The molecule has 0 saturated carbocycles. The van der Waals surface area contributed by atoms with Crippen molar-refractivity contribution in [2.45, 2.75) is 26.2 Å². The monoisotopic (exact) mass is 226 g/mol. The molecule has 0 aliphatic heterocycles. The summed E-state index contributed by atoms with van der Waals surface area (Å²) in [4.78, 5) is 15.2. The van der Waals surface area contributed by atoms with Crippen LogP contribution in [0.25, 0.3) is 0 Å². The Kier molecular flexibility index (Phi) is 5.49. The van der Waals surface area contributed by atoms with Crippen LogP contribution in [-0.4, -0.2) is 29.1 Å². The zero-order chi connectivity index (χ0) is 11.8. The summed E-state index contributed by atoms with van der Waals surface area (Å²) in [6, 6.07) is 0. The number of rotatable bonds is 7. The number of nitrogens with one attached hydrogen (secondary N) is 1. The minimum atomic E-state index is 0.0415. The van der Waals surface area contributed by atoms with Crippen LogP contribution >= 0.6 is 0 Å². The van der Waals surface area contributed by atoms with Gasteiger partial charge in [-0.15, -0.1) is 0 Å². The van der Waals surface area contributed by atoms with Crippen molar-refractivity contribution in [3.63, 3.8) is 0 Å². The van der Waals surface area contributed by atoms with Gasteiger partial charge >= 0.3 is 0 Å². The fourth-order valence-corrected chi connectivity index (χ4v) is 1.20. The van der Waals surface area contributed by atoms with Gasteiger partial charge < -0.3 is 15.6 Å². The van der Waals surface area contributed by atoms with Crippen LogP contribution in [0.5, 0.6) is 0 Å². The van der Waals surface area contributed by atoms with Crippen LogP contribution in [0.2, 0.25) is 0 Å². The maximum absolute atomic E-state index is 11.4. The van der Waals surface area contributed by atoms with Crippen molar-refractivity contribution >= 4 is 5.91 Å². The maximum atomic E-state index is 11.4. The van der Waals surface area contributed by atoms with Crippen molar-refractivity contribution < 1.29 is 9.32 Å². The first kappa shape index (κ1) is 12.6. The highest BCUT2D eigenvalue weighted by Gasteiger charge is 2.05. The highest BCUT2D eigenvalue weighted by molar-refractivity contribution is 5.75. The summed E-state index contributed by atoms with van der Waals surface area (Å²) < 4.78 is 4.80. The van der Waals surface area contributed by atoms with E-state index in [-0.39, 0.29) is 5.91 Å². The molecular formula is C10H18N4O2. The molecule has 0 spiro atoms. The average Bonchev–Trinajstić information content (AvgIpc) is 2.79. The minimum absolute atomic E-state index is 0.0415. The molecule has 0 radical (unpaired) electrons. The van der Waals surface area contributed by atoms with E-state index in [2.05, 4.69) is 15.5 Å². The molecular weight excluding hydrogens is 208 g/mol. The van der Waals surface area contributed by atoms with Crippen molar-refractivity contribution in [1.82, 2.24) is 15.5 Å². The number of amides is 1. The van der Waals surface area contributed by atoms with Gasteiger partial charge in [-0.05, 0) is 18.9 Å².